The number of hydrogen-bond acceptors (Lipinski definition) is 4. The van der Waals surface area contributed by atoms with Crippen LogP contribution in [0.1, 0.15) is 33.7 Å². The summed E-state index contributed by atoms with van der Waals surface area (Å²) in [6.07, 6.45) is 2.96. The van der Waals surface area contributed by atoms with Crippen LogP contribution in [-0.2, 0) is 0 Å². The SMILES string of the molecule is NC(=O)c1cc(OC2CCCN(C(=O)c3ccccc3Cl)C2)ccn1. The number of primary amides is 1. The van der Waals surface area contributed by atoms with E-state index in [4.69, 9.17) is 22.1 Å². The zero-order valence-corrected chi connectivity index (χ0v) is 14.3. The molecule has 3 rings (SSSR count). The van der Waals surface area contributed by atoms with E-state index in [1.165, 1.54) is 12.3 Å². The number of piperidine rings is 1. The van der Waals surface area contributed by atoms with Gasteiger partial charge >= 0.3 is 0 Å². The van der Waals surface area contributed by atoms with Crippen LogP contribution in [0.5, 0.6) is 5.75 Å². The van der Waals surface area contributed by atoms with E-state index in [2.05, 4.69) is 4.98 Å². The highest BCUT2D eigenvalue weighted by Gasteiger charge is 2.26. The van der Waals surface area contributed by atoms with Gasteiger partial charge in [0.05, 0.1) is 17.1 Å². The van der Waals surface area contributed by atoms with E-state index >= 15 is 0 Å². The second kappa shape index (κ2) is 7.53. The average molecular weight is 360 g/mol. The number of carbonyl (C=O) groups excluding carboxylic acids is 2. The molecule has 7 heteroatoms. The zero-order chi connectivity index (χ0) is 17.8. The van der Waals surface area contributed by atoms with Gasteiger partial charge in [0.25, 0.3) is 11.8 Å². The minimum Gasteiger partial charge on any atom is -0.488 e. The number of pyridine rings is 1. The van der Waals surface area contributed by atoms with Crippen LogP contribution in [0.2, 0.25) is 5.02 Å². The topological polar surface area (TPSA) is 85.5 Å². The molecule has 2 aromatic rings. The van der Waals surface area contributed by atoms with Crippen molar-refractivity contribution in [2.45, 2.75) is 18.9 Å². The number of carbonyl (C=O) groups is 2. The molecular formula is C18H18ClN3O3. The monoisotopic (exact) mass is 359 g/mol. The van der Waals surface area contributed by atoms with Gasteiger partial charge in [-0.15, -0.1) is 0 Å². The van der Waals surface area contributed by atoms with Crippen molar-refractivity contribution in [2.24, 2.45) is 5.73 Å². The highest BCUT2D eigenvalue weighted by atomic mass is 35.5. The fourth-order valence-electron chi connectivity index (χ4n) is 2.84. The van der Waals surface area contributed by atoms with E-state index in [-0.39, 0.29) is 17.7 Å². The third kappa shape index (κ3) is 4.09. The van der Waals surface area contributed by atoms with E-state index in [0.717, 1.165) is 12.8 Å². The molecule has 0 radical (unpaired) electrons. The Morgan fingerprint density at radius 2 is 2.08 bits per heavy atom. The second-order valence-electron chi connectivity index (χ2n) is 5.85. The average Bonchev–Trinajstić information content (AvgIpc) is 2.62. The number of nitrogens with zero attached hydrogens (tertiary/aromatic N) is 2. The first-order valence-corrected chi connectivity index (χ1v) is 8.38. The van der Waals surface area contributed by atoms with E-state index in [1.807, 2.05) is 0 Å². The maximum Gasteiger partial charge on any atom is 0.267 e. The number of ether oxygens (including phenoxy) is 1. The number of hydrogen-bond donors (Lipinski definition) is 1. The molecule has 2 N–H and O–H groups in total. The largest absolute Gasteiger partial charge is 0.488 e. The lowest BCUT2D eigenvalue weighted by molar-refractivity contribution is 0.0538. The molecule has 1 unspecified atom stereocenters. The van der Waals surface area contributed by atoms with E-state index in [0.29, 0.717) is 29.4 Å². The maximum absolute atomic E-state index is 12.7. The van der Waals surface area contributed by atoms with Gasteiger partial charge in [-0.25, -0.2) is 0 Å². The Kier molecular flexibility index (Phi) is 5.19. The van der Waals surface area contributed by atoms with Crippen LogP contribution in [-0.4, -0.2) is 40.9 Å². The maximum atomic E-state index is 12.7. The van der Waals surface area contributed by atoms with Crippen molar-refractivity contribution < 1.29 is 14.3 Å². The van der Waals surface area contributed by atoms with Gasteiger partial charge in [0, 0.05) is 18.8 Å². The summed E-state index contributed by atoms with van der Waals surface area (Å²) in [5.74, 6) is -0.197. The van der Waals surface area contributed by atoms with Crippen molar-refractivity contribution in [3.8, 4) is 5.75 Å². The number of amides is 2. The predicted octanol–water partition coefficient (Wildman–Crippen LogP) is 2.52. The molecule has 1 aromatic carbocycles. The first-order chi connectivity index (χ1) is 12.0. The molecule has 1 fully saturated rings. The molecule has 0 spiro atoms. The highest BCUT2D eigenvalue weighted by molar-refractivity contribution is 6.33. The third-order valence-corrected chi connectivity index (χ3v) is 4.39. The first-order valence-electron chi connectivity index (χ1n) is 8.01. The van der Waals surface area contributed by atoms with E-state index in [1.54, 1.807) is 35.2 Å². The summed E-state index contributed by atoms with van der Waals surface area (Å²) in [5, 5.41) is 0.441. The van der Waals surface area contributed by atoms with Gasteiger partial charge in [-0.1, -0.05) is 23.7 Å². The predicted molar refractivity (Wildman–Crippen MR) is 93.8 cm³/mol. The van der Waals surface area contributed by atoms with Crippen LogP contribution in [0.25, 0.3) is 0 Å². The molecule has 1 aliphatic heterocycles. The molecule has 0 aliphatic carbocycles. The number of benzene rings is 1. The molecule has 0 bridgehead atoms. The molecule has 1 aliphatic rings. The van der Waals surface area contributed by atoms with Gasteiger partial charge in [-0.3, -0.25) is 14.6 Å². The van der Waals surface area contributed by atoms with Crippen LogP contribution in [0.3, 0.4) is 0 Å². The normalized spacial score (nSPS) is 17.2. The van der Waals surface area contributed by atoms with Crippen LogP contribution < -0.4 is 10.5 Å². The highest BCUT2D eigenvalue weighted by Crippen LogP contribution is 2.22. The lowest BCUT2D eigenvalue weighted by atomic mass is 10.1. The molecule has 25 heavy (non-hydrogen) atoms. The fourth-order valence-corrected chi connectivity index (χ4v) is 3.05. The van der Waals surface area contributed by atoms with Crippen LogP contribution in [0.4, 0.5) is 0 Å². The lowest BCUT2D eigenvalue weighted by Crippen LogP contribution is -2.44. The molecule has 1 saturated heterocycles. The van der Waals surface area contributed by atoms with E-state index < -0.39 is 5.91 Å². The van der Waals surface area contributed by atoms with Crippen molar-refractivity contribution in [1.29, 1.82) is 0 Å². The summed E-state index contributed by atoms with van der Waals surface area (Å²) in [7, 11) is 0. The molecule has 130 valence electrons. The van der Waals surface area contributed by atoms with Crippen molar-refractivity contribution in [3.05, 3.63) is 58.9 Å². The molecule has 2 amide bonds. The van der Waals surface area contributed by atoms with Crippen LogP contribution in [0.15, 0.2) is 42.6 Å². The number of aromatic nitrogens is 1. The molecular weight excluding hydrogens is 342 g/mol. The van der Waals surface area contributed by atoms with Crippen molar-refractivity contribution in [2.75, 3.05) is 13.1 Å². The smallest absolute Gasteiger partial charge is 0.267 e. The summed E-state index contributed by atoms with van der Waals surface area (Å²) in [5.41, 5.74) is 5.87. The summed E-state index contributed by atoms with van der Waals surface area (Å²) < 4.78 is 5.92. The fraction of sp³-hybridized carbons (Fsp3) is 0.278. The molecule has 0 saturated carbocycles. The Morgan fingerprint density at radius 1 is 1.28 bits per heavy atom. The number of likely N-dealkylation sites (tertiary alicyclic amines) is 1. The molecule has 6 nitrogen and oxygen atoms in total. The van der Waals surface area contributed by atoms with Crippen molar-refractivity contribution in [3.63, 3.8) is 0 Å². The van der Waals surface area contributed by atoms with Crippen molar-refractivity contribution in [1.82, 2.24) is 9.88 Å². The Bertz CT molecular complexity index is 797. The van der Waals surface area contributed by atoms with Crippen LogP contribution in [0, 0.1) is 0 Å². The summed E-state index contributed by atoms with van der Waals surface area (Å²) >= 11 is 6.12. The summed E-state index contributed by atoms with van der Waals surface area (Å²) in [6.45, 7) is 1.12. The quantitative estimate of drug-likeness (QED) is 0.908. The van der Waals surface area contributed by atoms with Gasteiger partial charge in [-0.05, 0) is 31.0 Å². The lowest BCUT2D eigenvalue weighted by Gasteiger charge is -2.33. The number of halogens is 1. The zero-order valence-electron chi connectivity index (χ0n) is 13.5. The third-order valence-electron chi connectivity index (χ3n) is 4.06. The van der Waals surface area contributed by atoms with Crippen molar-refractivity contribution >= 4 is 23.4 Å². The standard InChI is InChI=1S/C18H18ClN3O3/c19-15-6-2-1-5-14(15)18(24)22-9-3-4-13(11-22)25-12-7-8-21-16(10-12)17(20)23/h1-2,5-8,10,13H,3-4,9,11H2,(H2,20,23). The Morgan fingerprint density at radius 3 is 2.84 bits per heavy atom. The number of rotatable bonds is 4. The Balaban J connectivity index is 1.69. The van der Waals surface area contributed by atoms with Gasteiger partial charge in [0.15, 0.2) is 0 Å². The minimum absolute atomic E-state index is 0.105. The molecule has 1 atom stereocenters. The molecule has 2 heterocycles. The van der Waals surface area contributed by atoms with Crippen LogP contribution >= 0.6 is 11.6 Å². The summed E-state index contributed by atoms with van der Waals surface area (Å²) in [4.78, 5) is 29.5. The first kappa shape index (κ1) is 17.2. The van der Waals surface area contributed by atoms with Gasteiger partial charge in [0.1, 0.15) is 17.5 Å². The molecule has 1 aromatic heterocycles. The van der Waals surface area contributed by atoms with Gasteiger partial charge in [0.2, 0.25) is 0 Å². The minimum atomic E-state index is -0.607. The Hall–Kier alpha value is -2.60. The second-order valence-corrected chi connectivity index (χ2v) is 6.26. The van der Waals surface area contributed by atoms with Gasteiger partial charge < -0.3 is 15.4 Å². The van der Waals surface area contributed by atoms with E-state index in [9.17, 15) is 9.59 Å². The van der Waals surface area contributed by atoms with Gasteiger partial charge in [-0.2, -0.15) is 0 Å². The summed E-state index contributed by atoms with van der Waals surface area (Å²) in [6, 6.07) is 10.2. The Labute approximate surface area is 150 Å². The number of nitrogens with two attached hydrogens (primary N) is 1.